The molecule has 0 atom stereocenters. The highest BCUT2D eigenvalue weighted by Gasteiger charge is 2.50. The molecule has 4 nitrogen and oxygen atoms in total. The van der Waals surface area contributed by atoms with Crippen LogP contribution in [0.2, 0.25) is 0 Å². The lowest BCUT2D eigenvalue weighted by molar-refractivity contribution is -0.110. The SMILES string of the molecule is O=C1C(=O)c2ccccc2/C1=C/C1=Cc2sc3c4c(sc3c2C12CCCCC2)C=C(/C=C1\C(=O)C(=O)c2ccccc21)C41CCCCC1. The standard InChI is InChI=1S/C42H32O4S2/c43-35-27-13-5-3-11-25(27)29(37(35)45)19-23-21-31-33(41(23)15-7-1-8-16-41)39-40(47-31)34-32(48-39)22-24(42(34)17-9-2-10-18-42)20-30-26-12-4-6-14-28(26)36(44)38(30)46/h3-6,11-14,19-22H,1-2,7-10,15-18H2/b29-19-,30-20-. The molecule has 0 radical (unpaired) electrons. The molecule has 0 bridgehead atoms. The first-order chi connectivity index (χ1) is 23.4. The Morgan fingerprint density at radius 2 is 0.854 bits per heavy atom. The fraction of sp³-hybridized carbons (Fsp3) is 0.286. The predicted octanol–water partition coefficient (Wildman–Crippen LogP) is 9.86. The summed E-state index contributed by atoms with van der Waals surface area (Å²) in [7, 11) is 0. The van der Waals surface area contributed by atoms with Crippen molar-refractivity contribution >= 4 is 78.5 Å². The van der Waals surface area contributed by atoms with Gasteiger partial charge in [0.25, 0.3) is 0 Å². The van der Waals surface area contributed by atoms with E-state index < -0.39 is 23.1 Å². The highest BCUT2D eigenvalue weighted by Crippen LogP contribution is 2.63. The van der Waals surface area contributed by atoms with Gasteiger partial charge in [0.2, 0.25) is 23.1 Å². The van der Waals surface area contributed by atoms with E-state index in [1.54, 1.807) is 12.1 Å². The van der Waals surface area contributed by atoms with Crippen molar-refractivity contribution in [3.8, 4) is 0 Å². The average Bonchev–Trinajstić information content (AvgIpc) is 3.90. The molecule has 10 rings (SSSR count). The summed E-state index contributed by atoms with van der Waals surface area (Å²) in [6, 6.07) is 14.8. The first-order valence-electron chi connectivity index (χ1n) is 17.3. The van der Waals surface area contributed by atoms with Gasteiger partial charge >= 0.3 is 0 Å². The molecule has 4 aromatic rings. The van der Waals surface area contributed by atoms with Crippen LogP contribution in [0.15, 0.2) is 71.8 Å². The summed E-state index contributed by atoms with van der Waals surface area (Å²) < 4.78 is 2.76. The fourth-order valence-corrected chi connectivity index (χ4v) is 13.0. The van der Waals surface area contributed by atoms with Crippen LogP contribution in [0.4, 0.5) is 0 Å². The van der Waals surface area contributed by atoms with Crippen LogP contribution >= 0.6 is 22.7 Å². The Morgan fingerprint density at radius 3 is 1.25 bits per heavy atom. The zero-order valence-electron chi connectivity index (χ0n) is 26.4. The van der Waals surface area contributed by atoms with E-state index in [1.165, 1.54) is 54.3 Å². The van der Waals surface area contributed by atoms with Gasteiger partial charge in [0.05, 0.1) is 9.40 Å². The van der Waals surface area contributed by atoms with Crippen LogP contribution < -0.4 is 0 Å². The van der Waals surface area contributed by atoms with Crippen molar-refractivity contribution < 1.29 is 19.2 Å². The highest BCUT2D eigenvalue weighted by atomic mass is 32.1. The largest absolute Gasteiger partial charge is 0.285 e. The highest BCUT2D eigenvalue weighted by molar-refractivity contribution is 7.29. The molecule has 2 saturated carbocycles. The maximum Gasteiger partial charge on any atom is 0.234 e. The summed E-state index contributed by atoms with van der Waals surface area (Å²) in [5, 5.41) is 0. The van der Waals surface area contributed by atoms with Crippen molar-refractivity contribution in [3.63, 3.8) is 0 Å². The minimum atomic E-state index is -0.400. The molecule has 236 valence electrons. The van der Waals surface area contributed by atoms with E-state index in [4.69, 9.17) is 0 Å². The van der Waals surface area contributed by atoms with Crippen LogP contribution in [0.25, 0.3) is 32.7 Å². The molecule has 2 aromatic carbocycles. The number of rotatable bonds is 2. The number of carbonyl (C=O) groups is 4. The monoisotopic (exact) mass is 664 g/mol. The van der Waals surface area contributed by atoms with E-state index in [1.807, 2.05) is 59.1 Å². The minimum absolute atomic E-state index is 0.160. The van der Waals surface area contributed by atoms with Crippen LogP contribution in [-0.4, -0.2) is 23.1 Å². The molecule has 6 heteroatoms. The van der Waals surface area contributed by atoms with Crippen LogP contribution in [0.1, 0.15) is 117 Å². The molecular weight excluding hydrogens is 633 g/mol. The molecule has 0 aliphatic heterocycles. The number of hydrogen-bond donors (Lipinski definition) is 0. The average molecular weight is 665 g/mol. The predicted molar refractivity (Wildman–Crippen MR) is 193 cm³/mol. The number of fused-ring (bicyclic) bond motifs is 9. The summed E-state index contributed by atoms with van der Waals surface area (Å²) in [4.78, 5) is 54.9. The number of thiophene rings is 2. The van der Waals surface area contributed by atoms with Crippen molar-refractivity contribution in [3.05, 3.63) is 115 Å². The Morgan fingerprint density at radius 1 is 0.479 bits per heavy atom. The Labute approximate surface area is 286 Å². The quantitative estimate of drug-likeness (QED) is 0.158. The lowest BCUT2D eigenvalue weighted by atomic mass is 9.66. The molecular formula is C42H32O4S2. The second-order valence-corrected chi connectivity index (χ2v) is 16.5. The molecule has 2 spiro atoms. The molecule has 2 heterocycles. The first-order valence-corrected chi connectivity index (χ1v) is 18.9. The van der Waals surface area contributed by atoms with Gasteiger partial charge in [0.1, 0.15) is 0 Å². The summed E-state index contributed by atoms with van der Waals surface area (Å²) in [6.45, 7) is 0. The number of benzene rings is 2. The number of ketones is 4. The van der Waals surface area contributed by atoms with Gasteiger partial charge in [0.15, 0.2) is 0 Å². The number of Topliss-reactive ketones (excluding diaryl/α,β-unsaturated/α-hetero) is 4. The topological polar surface area (TPSA) is 68.3 Å². The Bertz CT molecular complexity index is 2160. The van der Waals surface area contributed by atoms with E-state index in [2.05, 4.69) is 24.3 Å². The molecule has 0 saturated heterocycles. The third-order valence-electron chi connectivity index (χ3n) is 12.1. The van der Waals surface area contributed by atoms with Gasteiger partial charge < -0.3 is 0 Å². The van der Waals surface area contributed by atoms with Crippen LogP contribution in [-0.2, 0) is 20.4 Å². The van der Waals surface area contributed by atoms with Gasteiger partial charge in [-0.05, 0) is 83.4 Å². The van der Waals surface area contributed by atoms with Gasteiger partial charge in [-0.1, -0.05) is 87.1 Å². The van der Waals surface area contributed by atoms with E-state index >= 15 is 0 Å². The number of carbonyl (C=O) groups excluding carboxylic acids is 4. The van der Waals surface area contributed by atoms with Crippen LogP contribution in [0, 0.1) is 0 Å². The summed E-state index contributed by atoms with van der Waals surface area (Å²) >= 11 is 3.79. The zero-order valence-corrected chi connectivity index (χ0v) is 28.1. The van der Waals surface area contributed by atoms with E-state index in [0.29, 0.717) is 22.3 Å². The second-order valence-electron chi connectivity index (χ2n) is 14.3. The molecule has 48 heavy (non-hydrogen) atoms. The number of hydrogen-bond acceptors (Lipinski definition) is 6. The maximum atomic E-state index is 13.3. The van der Waals surface area contributed by atoms with Crippen LogP contribution in [0.5, 0.6) is 0 Å². The Hall–Kier alpha value is -4.26. The molecule has 2 fully saturated rings. The smallest absolute Gasteiger partial charge is 0.234 e. The van der Waals surface area contributed by atoms with Crippen molar-refractivity contribution in [2.75, 3.05) is 0 Å². The Kier molecular flexibility index (Phi) is 6.06. The zero-order chi connectivity index (χ0) is 32.4. The lowest BCUT2D eigenvalue weighted by Gasteiger charge is -2.37. The van der Waals surface area contributed by atoms with E-state index in [0.717, 1.165) is 62.5 Å². The molecule has 6 aliphatic carbocycles. The molecule has 6 aliphatic rings. The van der Waals surface area contributed by atoms with Crippen molar-refractivity contribution in [1.82, 2.24) is 0 Å². The van der Waals surface area contributed by atoms with E-state index in [-0.39, 0.29) is 10.8 Å². The van der Waals surface area contributed by atoms with Gasteiger partial charge in [-0.15, -0.1) is 22.7 Å². The molecule has 0 amide bonds. The van der Waals surface area contributed by atoms with E-state index in [9.17, 15) is 19.2 Å². The van der Waals surface area contributed by atoms with Gasteiger partial charge in [-0.2, -0.15) is 0 Å². The molecule has 0 N–H and O–H groups in total. The first kappa shape index (κ1) is 28.7. The summed E-state index contributed by atoms with van der Waals surface area (Å²) in [5.41, 5.74) is 8.53. The second kappa shape index (κ2) is 10.1. The van der Waals surface area contributed by atoms with Gasteiger partial charge in [0, 0.05) is 42.9 Å². The van der Waals surface area contributed by atoms with Gasteiger partial charge in [-0.3, -0.25) is 19.2 Å². The fourth-order valence-electron chi connectivity index (χ4n) is 9.84. The lowest BCUT2D eigenvalue weighted by Crippen LogP contribution is -2.29. The summed E-state index contributed by atoms with van der Waals surface area (Å²) in [5.74, 6) is -1.59. The maximum absolute atomic E-state index is 13.3. The molecule has 2 aromatic heterocycles. The van der Waals surface area contributed by atoms with Crippen molar-refractivity contribution in [2.45, 2.75) is 75.0 Å². The third-order valence-corrected chi connectivity index (χ3v) is 14.5. The Balaban J connectivity index is 1.13. The van der Waals surface area contributed by atoms with Gasteiger partial charge in [-0.25, -0.2) is 0 Å². The normalized spacial score (nSPS) is 23.4. The molecule has 0 unspecified atom stereocenters. The number of allylic oxidation sites excluding steroid dienone is 6. The van der Waals surface area contributed by atoms with Crippen LogP contribution in [0.3, 0.4) is 0 Å². The minimum Gasteiger partial charge on any atom is -0.285 e. The third kappa shape index (κ3) is 3.65. The summed E-state index contributed by atoms with van der Waals surface area (Å²) in [6.07, 6.45) is 19.9. The van der Waals surface area contributed by atoms with Crippen molar-refractivity contribution in [2.24, 2.45) is 0 Å². The van der Waals surface area contributed by atoms with Crippen molar-refractivity contribution in [1.29, 1.82) is 0 Å².